The van der Waals surface area contributed by atoms with E-state index < -0.39 is 40.9 Å². The summed E-state index contributed by atoms with van der Waals surface area (Å²) in [5.74, 6) is -5.53. The SMILES string of the molecule is Cc1ncc(-c2cnc(OCCc3c(F)cc(F)cc3F)c(F)c2)c(N2CCC(C)(C)CC2)c1[C@H](OC(C)(C)C)C(=O)O. The summed E-state index contributed by atoms with van der Waals surface area (Å²) < 4.78 is 67.8. The first kappa shape index (κ1) is 32.2. The van der Waals surface area contributed by atoms with Crippen molar-refractivity contribution in [2.24, 2.45) is 5.41 Å². The Bertz CT molecular complexity index is 1470. The Hall–Kier alpha value is -3.73. The number of halogens is 4. The Morgan fingerprint density at radius 2 is 1.65 bits per heavy atom. The summed E-state index contributed by atoms with van der Waals surface area (Å²) in [4.78, 5) is 23.2. The van der Waals surface area contributed by atoms with Crippen LogP contribution in [0, 0.1) is 35.6 Å². The summed E-state index contributed by atoms with van der Waals surface area (Å²) in [6.07, 6.45) is 3.07. The molecular formula is C32H37F4N3O4. The van der Waals surface area contributed by atoms with E-state index in [4.69, 9.17) is 9.47 Å². The second-order valence-corrected chi connectivity index (χ2v) is 12.6. The van der Waals surface area contributed by atoms with E-state index in [9.17, 15) is 23.1 Å². The summed E-state index contributed by atoms with van der Waals surface area (Å²) in [7, 11) is 0. The third-order valence-corrected chi connectivity index (χ3v) is 7.49. The van der Waals surface area contributed by atoms with Crippen molar-refractivity contribution < 1.29 is 36.9 Å². The van der Waals surface area contributed by atoms with Crippen LogP contribution in [0.3, 0.4) is 0 Å². The number of pyridine rings is 2. The van der Waals surface area contributed by atoms with Crippen LogP contribution >= 0.6 is 0 Å². The molecule has 1 fully saturated rings. The van der Waals surface area contributed by atoms with Crippen molar-refractivity contribution in [2.45, 2.75) is 72.5 Å². The van der Waals surface area contributed by atoms with Crippen LogP contribution in [0.15, 0.2) is 30.6 Å². The number of carboxylic acid groups (broad SMARTS) is 1. The number of nitrogens with zero attached hydrogens (tertiary/aromatic N) is 3. The fraction of sp³-hybridized carbons (Fsp3) is 0.469. The number of benzene rings is 1. The lowest BCUT2D eigenvalue weighted by atomic mass is 9.82. The van der Waals surface area contributed by atoms with Crippen LogP contribution in [0.1, 0.15) is 70.4 Å². The summed E-state index contributed by atoms with van der Waals surface area (Å²) in [5, 5.41) is 10.2. The highest BCUT2D eigenvalue weighted by Crippen LogP contribution is 2.43. The van der Waals surface area contributed by atoms with Gasteiger partial charge in [0.05, 0.1) is 17.9 Å². The van der Waals surface area contributed by atoms with E-state index >= 15 is 4.39 Å². The smallest absolute Gasteiger partial charge is 0.337 e. The molecule has 7 nitrogen and oxygen atoms in total. The van der Waals surface area contributed by atoms with E-state index in [0.29, 0.717) is 53.3 Å². The lowest BCUT2D eigenvalue weighted by Crippen LogP contribution is -2.39. The maximum atomic E-state index is 15.3. The molecule has 1 aromatic carbocycles. The maximum Gasteiger partial charge on any atom is 0.337 e. The molecule has 232 valence electrons. The van der Waals surface area contributed by atoms with Gasteiger partial charge in [0, 0.05) is 72.0 Å². The van der Waals surface area contributed by atoms with Crippen molar-refractivity contribution in [1.29, 1.82) is 0 Å². The van der Waals surface area contributed by atoms with Gasteiger partial charge in [-0.15, -0.1) is 0 Å². The quantitative estimate of drug-likeness (QED) is 0.259. The molecule has 3 aromatic rings. The van der Waals surface area contributed by atoms with Crippen LogP contribution in [-0.2, 0) is 16.0 Å². The second kappa shape index (κ2) is 12.5. The fourth-order valence-corrected chi connectivity index (χ4v) is 5.14. The van der Waals surface area contributed by atoms with E-state index in [1.165, 1.54) is 12.3 Å². The molecule has 43 heavy (non-hydrogen) atoms. The summed E-state index contributed by atoms with van der Waals surface area (Å²) >= 11 is 0. The zero-order chi connectivity index (χ0) is 31.7. The van der Waals surface area contributed by atoms with Crippen molar-refractivity contribution >= 4 is 11.7 Å². The zero-order valence-electron chi connectivity index (χ0n) is 25.2. The summed E-state index contributed by atoms with van der Waals surface area (Å²) in [6.45, 7) is 12.4. The Morgan fingerprint density at radius 1 is 1.02 bits per heavy atom. The molecule has 1 N–H and O–H groups in total. The van der Waals surface area contributed by atoms with Crippen LogP contribution in [0.4, 0.5) is 23.2 Å². The average Bonchev–Trinajstić information content (AvgIpc) is 2.89. The number of ether oxygens (including phenoxy) is 2. The minimum absolute atomic E-state index is 0.111. The van der Waals surface area contributed by atoms with E-state index in [2.05, 4.69) is 28.7 Å². The first-order valence-corrected chi connectivity index (χ1v) is 14.1. The Labute approximate surface area is 248 Å². The number of hydrogen-bond acceptors (Lipinski definition) is 6. The van der Waals surface area contributed by atoms with Gasteiger partial charge in [0.15, 0.2) is 11.9 Å². The Morgan fingerprint density at radius 3 is 2.21 bits per heavy atom. The van der Waals surface area contributed by atoms with Gasteiger partial charge in [-0.2, -0.15) is 0 Å². The van der Waals surface area contributed by atoms with E-state index in [1.807, 2.05) is 0 Å². The van der Waals surface area contributed by atoms with Gasteiger partial charge in [0.25, 0.3) is 0 Å². The molecule has 0 spiro atoms. The van der Waals surface area contributed by atoms with Gasteiger partial charge in [-0.1, -0.05) is 13.8 Å². The predicted octanol–water partition coefficient (Wildman–Crippen LogP) is 7.20. The van der Waals surface area contributed by atoms with Gasteiger partial charge in [0.2, 0.25) is 5.88 Å². The highest BCUT2D eigenvalue weighted by Gasteiger charge is 2.36. The molecule has 3 heterocycles. The summed E-state index contributed by atoms with van der Waals surface area (Å²) in [5.41, 5.74) is 1.25. The molecule has 0 radical (unpaired) electrons. The standard InChI is InChI=1S/C32H37F4N3O4/c1-18-26(28(30(40)41)43-31(2,3)4)27(39-10-8-32(5,6)9-11-39)22(17-37-18)19-13-25(36)29(38-16-19)42-12-7-21-23(34)14-20(33)15-24(21)35/h13-17,28H,7-12H2,1-6H3,(H,40,41)/t28-/m0/s1. The van der Waals surface area contributed by atoms with E-state index in [-0.39, 0.29) is 29.9 Å². The van der Waals surface area contributed by atoms with E-state index in [0.717, 1.165) is 12.8 Å². The predicted molar refractivity (Wildman–Crippen MR) is 154 cm³/mol. The van der Waals surface area contributed by atoms with Gasteiger partial charge in [-0.25, -0.2) is 27.3 Å². The highest BCUT2D eigenvalue weighted by molar-refractivity contribution is 5.86. The van der Waals surface area contributed by atoms with Crippen LogP contribution in [0.2, 0.25) is 0 Å². The number of aliphatic carboxylic acids is 1. The molecule has 4 rings (SSSR count). The average molecular weight is 604 g/mol. The first-order chi connectivity index (χ1) is 20.1. The third kappa shape index (κ3) is 7.62. The number of carboxylic acids is 1. The maximum absolute atomic E-state index is 15.3. The van der Waals surface area contributed by atoms with Crippen molar-refractivity contribution in [3.8, 4) is 17.0 Å². The number of carbonyl (C=O) groups is 1. The van der Waals surface area contributed by atoms with Gasteiger partial charge in [-0.05, 0) is 52.0 Å². The van der Waals surface area contributed by atoms with Gasteiger partial charge >= 0.3 is 5.97 Å². The first-order valence-electron chi connectivity index (χ1n) is 14.1. The zero-order valence-corrected chi connectivity index (χ0v) is 25.2. The van der Waals surface area contributed by atoms with E-state index in [1.54, 1.807) is 33.9 Å². The molecule has 1 saturated heterocycles. The fourth-order valence-electron chi connectivity index (χ4n) is 5.14. The van der Waals surface area contributed by atoms with Crippen molar-refractivity contribution in [3.05, 3.63) is 70.7 Å². The molecule has 0 unspecified atom stereocenters. The molecule has 1 aliphatic rings. The molecule has 1 aliphatic heterocycles. The molecule has 0 bridgehead atoms. The van der Waals surface area contributed by atoms with Crippen LogP contribution < -0.4 is 9.64 Å². The van der Waals surface area contributed by atoms with Gasteiger partial charge in [0.1, 0.15) is 17.5 Å². The molecule has 0 amide bonds. The molecule has 0 aliphatic carbocycles. The third-order valence-electron chi connectivity index (χ3n) is 7.49. The van der Waals surface area contributed by atoms with Crippen molar-refractivity contribution in [1.82, 2.24) is 9.97 Å². The van der Waals surface area contributed by atoms with Crippen LogP contribution in [0.5, 0.6) is 5.88 Å². The number of rotatable bonds is 9. The molecule has 2 aromatic heterocycles. The summed E-state index contributed by atoms with van der Waals surface area (Å²) in [6, 6.07) is 2.34. The Balaban J connectivity index is 1.71. The lowest BCUT2D eigenvalue weighted by Gasteiger charge is -2.40. The van der Waals surface area contributed by atoms with Gasteiger partial charge < -0.3 is 19.5 Å². The minimum atomic E-state index is -1.33. The van der Waals surface area contributed by atoms with Crippen LogP contribution in [0.25, 0.3) is 11.1 Å². The number of anilines is 1. The number of aryl methyl sites for hydroxylation is 1. The number of piperidine rings is 1. The van der Waals surface area contributed by atoms with Crippen LogP contribution in [-0.4, -0.2) is 46.3 Å². The number of hydrogen-bond donors (Lipinski definition) is 1. The second-order valence-electron chi connectivity index (χ2n) is 12.6. The molecule has 0 saturated carbocycles. The Kier molecular flexibility index (Phi) is 9.34. The van der Waals surface area contributed by atoms with Gasteiger partial charge in [-0.3, -0.25) is 4.98 Å². The topological polar surface area (TPSA) is 84.8 Å². The molecule has 1 atom stereocenters. The normalized spacial score (nSPS) is 15.8. The minimum Gasteiger partial charge on any atom is -0.479 e. The lowest BCUT2D eigenvalue weighted by molar-refractivity contribution is -0.160. The number of aromatic nitrogens is 2. The van der Waals surface area contributed by atoms with Crippen molar-refractivity contribution in [3.63, 3.8) is 0 Å². The molecule has 11 heteroatoms. The monoisotopic (exact) mass is 603 g/mol. The van der Waals surface area contributed by atoms with Crippen molar-refractivity contribution in [2.75, 3.05) is 24.6 Å². The highest BCUT2D eigenvalue weighted by atomic mass is 19.1. The largest absolute Gasteiger partial charge is 0.479 e. The molecular weight excluding hydrogens is 566 g/mol.